The predicted octanol–water partition coefficient (Wildman–Crippen LogP) is 2.79. The molecule has 4 nitrogen and oxygen atoms in total. The molecule has 2 aromatic carbocycles. The Balaban J connectivity index is 2.25. The van der Waals surface area contributed by atoms with E-state index in [1.807, 2.05) is 32.0 Å². The Bertz CT molecular complexity index is 666. The van der Waals surface area contributed by atoms with Crippen molar-refractivity contribution in [3.8, 4) is 5.75 Å². The van der Waals surface area contributed by atoms with Crippen molar-refractivity contribution >= 4 is 5.91 Å². The van der Waals surface area contributed by atoms with E-state index in [1.54, 1.807) is 12.1 Å². The Labute approximate surface area is 124 Å². The zero-order valence-corrected chi connectivity index (χ0v) is 12.6. The average Bonchev–Trinajstić information content (AvgIpc) is 2.50. The highest BCUT2D eigenvalue weighted by molar-refractivity contribution is 5.95. The SMILES string of the molecule is Cc1ccc(C)c(OCc2ccccc2C(=O)NN)c1C. The zero-order chi connectivity index (χ0) is 15.4. The van der Waals surface area contributed by atoms with Crippen LogP contribution in [0.15, 0.2) is 36.4 Å². The van der Waals surface area contributed by atoms with E-state index in [-0.39, 0.29) is 5.91 Å². The molecule has 0 radical (unpaired) electrons. The summed E-state index contributed by atoms with van der Waals surface area (Å²) in [5, 5.41) is 0. The van der Waals surface area contributed by atoms with Crippen LogP contribution in [-0.4, -0.2) is 5.91 Å². The van der Waals surface area contributed by atoms with Crippen molar-refractivity contribution < 1.29 is 9.53 Å². The summed E-state index contributed by atoms with van der Waals surface area (Å²) in [7, 11) is 0. The van der Waals surface area contributed by atoms with Crippen LogP contribution in [0.4, 0.5) is 0 Å². The maximum absolute atomic E-state index is 11.7. The second kappa shape index (κ2) is 6.41. The molecule has 0 spiro atoms. The van der Waals surface area contributed by atoms with Crippen LogP contribution in [0, 0.1) is 20.8 Å². The van der Waals surface area contributed by atoms with Gasteiger partial charge in [-0.05, 0) is 43.5 Å². The molecule has 0 aliphatic carbocycles. The maximum atomic E-state index is 11.7. The fourth-order valence-electron chi connectivity index (χ4n) is 2.24. The quantitative estimate of drug-likeness (QED) is 0.515. The highest BCUT2D eigenvalue weighted by Gasteiger charge is 2.12. The fraction of sp³-hybridized carbons (Fsp3) is 0.235. The molecular weight excluding hydrogens is 264 g/mol. The maximum Gasteiger partial charge on any atom is 0.265 e. The third-order valence-corrected chi connectivity index (χ3v) is 3.64. The molecule has 1 amide bonds. The van der Waals surface area contributed by atoms with Gasteiger partial charge in [0.1, 0.15) is 12.4 Å². The molecular formula is C17H20N2O2. The molecule has 0 atom stereocenters. The second-order valence-corrected chi connectivity index (χ2v) is 5.07. The van der Waals surface area contributed by atoms with E-state index < -0.39 is 0 Å². The summed E-state index contributed by atoms with van der Waals surface area (Å²) in [5.74, 6) is 5.77. The number of hydrogen-bond donors (Lipinski definition) is 2. The fourth-order valence-corrected chi connectivity index (χ4v) is 2.24. The lowest BCUT2D eigenvalue weighted by Crippen LogP contribution is -2.30. The van der Waals surface area contributed by atoms with Crippen molar-refractivity contribution in [3.63, 3.8) is 0 Å². The Morgan fingerprint density at radius 2 is 1.76 bits per heavy atom. The van der Waals surface area contributed by atoms with E-state index in [1.165, 1.54) is 5.56 Å². The average molecular weight is 284 g/mol. The van der Waals surface area contributed by atoms with E-state index in [0.717, 1.165) is 22.4 Å². The van der Waals surface area contributed by atoms with Gasteiger partial charge in [-0.2, -0.15) is 0 Å². The van der Waals surface area contributed by atoms with Gasteiger partial charge in [0.2, 0.25) is 0 Å². The summed E-state index contributed by atoms with van der Waals surface area (Å²) in [6.07, 6.45) is 0. The molecule has 0 bridgehead atoms. The van der Waals surface area contributed by atoms with Crippen LogP contribution < -0.4 is 16.0 Å². The molecule has 2 aromatic rings. The summed E-state index contributed by atoms with van der Waals surface area (Å²) in [4.78, 5) is 11.7. The Kier molecular flexibility index (Phi) is 4.60. The van der Waals surface area contributed by atoms with Gasteiger partial charge in [-0.1, -0.05) is 30.3 Å². The molecule has 0 unspecified atom stereocenters. The Hall–Kier alpha value is -2.33. The number of benzene rings is 2. The minimum Gasteiger partial charge on any atom is -0.488 e. The van der Waals surface area contributed by atoms with Crippen molar-refractivity contribution in [3.05, 3.63) is 64.2 Å². The molecule has 0 heterocycles. The van der Waals surface area contributed by atoms with Crippen molar-refractivity contribution in [1.29, 1.82) is 0 Å². The number of nitrogens with two attached hydrogens (primary N) is 1. The number of hydrazine groups is 1. The summed E-state index contributed by atoms with van der Waals surface area (Å²) in [6, 6.07) is 11.4. The molecule has 0 aliphatic rings. The van der Waals surface area contributed by atoms with Crippen LogP contribution in [-0.2, 0) is 6.61 Å². The third kappa shape index (κ3) is 3.23. The van der Waals surface area contributed by atoms with E-state index in [2.05, 4.69) is 18.4 Å². The van der Waals surface area contributed by atoms with Crippen LogP contribution >= 0.6 is 0 Å². The molecule has 2 rings (SSSR count). The van der Waals surface area contributed by atoms with Gasteiger partial charge in [-0.15, -0.1) is 0 Å². The largest absolute Gasteiger partial charge is 0.488 e. The predicted molar refractivity (Wildman–Crippen MR) is 83.1 cm³/mol. The molecule has 21 heavy (non-hydrogen) atoms. The summed E-state index contributed by atoms with van der Waals surface area (Å²) in [5.41, 5.74) is 6.88. The Morgan fingerprint density at radius 1 is 1.10 bits per heavy atom. The normalized spacial score (nSPS) is 10.3. The first-order valence-electron chi connectivity index (χ1n) is 6.83. The molecule has 4 heteroatoms. The number of carbonyl (C=O) groups is 1. The number of aryl methyl sites for hydroxylation is 2. The van der Waals surface area contributed by atoms with Crippen LogP contribution in [0.3, 0.4) is 0 Å². The smallest absolute Gasteiger partial charge is 0.265 e. The van der Waals surface area contributed by atoms with Gasteiger partial charge in [-0.3, -0.25) is 10.2 Å². The van der Waals surface area contributed by atoms with E-state index in [4.69, 9.17) is 10.6 Å². The van der Waals surface area contributed by atoms with Crippen molar-refractivity contribution in [2.24, 2.45) is 5.84 Å². The molecule has 0 saturated heterocycles. The number of nitrogens with one attached hydrogen (secondary N) is 1. The van der Waals surface area contributed by atoms with Gasteiger partial charge >= 0.3 is 0 Å². The van der Waals surface area contributed by atoms with Crippen LogP contribution in [0.25, 0.3) is 0 Å². The standard InChI is InChI=1S/C17H20N2O2/c1-11-8-9-12(2)16(13(11)3)21-10-14-6-4-5-7-15(14)17(20)19-18/h4-9H,10,18H2,1-3H3,(H,19,20). The van der Waals surface area contributed by atoms with Crippen molar-refractivity contribution in [2.75, 3.05) is 0 Å². The van der Waals surface area contributed by atoms with Gasteiger partial charge in [0.15, 0.2) is 0 Å². The van der Waals surface area contributed by atoms with Crippen molar-refractivity contribution in [1.82, 2.24) is 5.43 Å². The summed E-state index contributed by atoms with van der Waals surface area (Å²) in [6.45, 7) is 6.43. The summed E-state index contributed by atoms with van der Waals surface area (Å²) < 4.78 is 5.95. The topological polar surface area (TPSA) is 64.3 Å². The first-order chi connectivity index (χ1) is 10.0. The zero-order valence-electron chi connectivity index (χ0n) is 12.6. The molecule has 0 aromatic heterocycles. The second-order valence-electron chi connectivity index (χ2n) is 5.07. The van der Waals surface area contributed by atoms with E-state index >= 15 is 0 Å². The van der Waals surface area contributed by atoms with Gasteiger partial charge in [0.25, 0.3) is 5.91 Å². The molecule has 110 valence electrons. The highest BCUT2D eigenvalue weighted by Crippen LogP contribution is 2.26. The van der Waals surface area contributed by atoms with Gasteiger partial charge < -0.3 is 4.74 Å². The number of nitrogen functional groups attached to an aromatic ring is 1. The van der Waals surface area contributed by atoms with Crippen molar-refractivity contribution in [2.45, 2.75) is 27.4 Å². The lowest BCUT2D eigenvalue weighted by molar-refractivity contribution is 0.0951. The first-order valence-corrected chi connectivity index (χ1v) is 6.83. The molecule has 0 aliphatic heterocycles. The van der Waals surface area contributed by atoms with Crippen LogP contribution in [0.1, 0.15) is 32.6 Å². The Morgan fingerprint density at radius 3 is 2.48 bits per heavy atom. The van der Waals surface area contributed by atoms with Crippen LogP contribution in [0.2, 0.25) is 0 Å². The van der Waals surface area contributed by atoms with Gasteiger partial charge in [0.05, 0.1) is 0 Å². The number of ether oxygens (including phenoxy) is 1. The van der Waals surface area contributed by atoms with E-state index in [9.17, 15) is 4.79 Å². The van der Waals surface area contributed by atoms with E-state index in [0.29, 0.717) is 12.2 Å². The number of hydrogen-bond acceptors (Lipinski definition) is 3. The summed E-state index contributed by atoms with van der Waals surface area (Å²) >= 11 is 0. The number of amides is 1. The van der Waals surface area contributed by atoms with Crippen LogP contribution in [0.5, 0.6) is 5.75 Å². The minimum atomic E-state index is -0.313. The lowest BCUT2D eigenvalue weighted by atomic mass is 10.0. The molecule has 0 saturated carbocycles. The lowest BCUT2D eigenvalue weighted by Gasteiger charge is -2.15. The highest BCUT2D eigenvalue weighted by atomic mass is 16.5. The molecule has 3 N–H and O–H groups in total. The number of carbonyl (C=O) groups excluding carboxylic acids is 1. The van der Waals surface area contributed by atoms with Gasteiger partial charge in [-0.25, -0.2) is 5.84 Å². The van der Waals surface area contributed by atoms with Gasteiger partial charge in [0, 0.05) is 11.1 Å². The molecule has 0 fully saturated rings. The first kappa shape index (κ1) is 15.1. The minimum absolute atomic E-state index is 0.313. The monoisotopic (exact) mass is 284 g/mol. The number of rotatable bonds is 4. The third-order valence-electron chi connectivity index (χ3n) is 3.64.